The minimum absolute atomic E-state index is 0.225. The Hall–Kier alpha value is -2.33. The lowest BCUT2D eigenvalue weighted by Gasteiger charge is -2.17. The Morgan fingerprint density at radius 2 is 1.77 bits per heavy atom. The third-order valence-electron chi connectivity index (χ3n) is 3.37. The molecule has 1 N–H and O–H groups in total. The normalized spacial score (nSPS) is 10.1. The molecule has 0 saturated carbocycles. The monoisotopic (exact) mass is 316 g/mol. The number of benzene rings is 2. The number of anilines is 2. The molecular formula is C17H17ClN2O2. The van der Waals surface area contributed by atoms with Gasteiger partial charge < -0.3 is 10.2 Å². The first-order chi connectivity index (χ1) is 10.5. The molecule has 22 heavy (non-hydrogen) atoms. The Kier molecular flexibility index (Phi) is 5.17. The van der Waals surface area contributed by atoms with Crippen LogP contribution in [-0.4, -0.2) is 18.9 Å². The number of hydrogen-bond acceptors (Lipinski definition) is 2. The van der Waals surface area contributed by atoms with Crippen LogP contribution < -0.4 is 10.2 Å². The van der Waals surface area contributed by atoms with Gasteiger partial charge in [0.15, 0.2) is 0 Å². The molecule has 0 aromatic heterocycles. The topological polar surface area (TPSA) is 49.4 Å². The van der Waals surface area contributed by atoms with Crippen molar-refractivity contribution in [2.24, 2.45) is 0 Å². The van der Waals surface area contributed by atoms with Crippen molar-refractivity contribution in [3.05, 3.63) is 59.1 Å². The van der Waals surface area contributed by atoms with Gasteiger partial charge in [-0.25, -0.2) is 0 Å². The van der Waals surface area contributed by atoms with E-state index >= 15 is 0 Å². The van der Waals surface area contributed by atoms with Crippen LogP contribution in [0.15, 0.2) is 48.5 Å². The van der Waals surface area contributed by atoms with Crippen molar-refractivity contribution in [3.8, 4) is 0 Å². The maximum absolute atomic E-state index is 12.1. The van der Waals surface area contributed by atoms with Gasteiger partial charge in [0.25, 0.3) is 0 Å². The zero-order valence-corrected chi connectivity index (χ0v) is 13.2. The van der Waals surface area contributed by atoms with Crippen molar-refractivity contribution in [1.82, 2.24) is 0 Å². The van der Waals surface area contributed by atoms with Crippen LogP contribution in [-0.2, 0) is 9.59 Å². The Morgan fingerprint density at radius 3 is 2.45 bits per heavy atom. The van der Waals surface area contributed by atoms with Gasteiger partial charge in [-0.05, 0) is 36.8 Å². The number of nitrogens with one attached hydrogen (secondary N) is 1. The Labute approximate surface area is 134 Å². The maximum Gasteiger partial charge on any atom is 0.236 e. The van der Waals surface area contributed by atoms with Gasteiger partial charge in [-0.3, -0.25) is 9.59 Å². The van der Waals surface area contributed by atoms with E-state index in [1.165, 1.54) is 4.90 Å². The number of carbonyl (C=O) groups excluding carboxylic acids is 2. The highest BCUT2D eigenvalue weighted by atomic mass is 35.5. The van der Waals surface area contributed by atoms with E-state index in [1.54, 1.807) is 25.2 Å². The van der Waals surface area contributed by atoms with E-state index in [0.717, 1.165) is 11.3 Å². The minimum atomic E-state index is -0.363. The molecule has 0 bridgehead atoms. The van der Waals surface area contributed by atoms with E-state index in [0.29, 0.717) is 10.7 Å². The van der Waals surface area contributed by atoms with Gasteiger partial charge in [0.1, 0.15) is 6.42 Å². The van der Waals surface area contributed by atoms with Gasteiger partial charge in [0.05, 0.1) is 0 Å². The Balaban J connectivity index is 2.00. The molecule has 0 saturated heterocycles. The molecule has 0 spiro atoms. The highest BCUT2D eigenvalue weighted by Crippen LogP contribution is 2.23. The lowest BCUT2D eigenvalue weighted by Crippen LogP contribution is -2.30. The van der Waals surface area contributed by atoms with Crippen molar-refractivity contribution in [1.29, 1.82) is 0 Å². The van der Waals surface area contributed by atoms with Crippen LogP contribution >= 0.6 is 11.6 Å². The molecule has 0 aliphatic carbocycles. The van der Waals surface area contributed by atoms with Crippen LogP contribution in [0, 0.1) is 6.92 Å². The van der Waals surface area contributed by atoms with Gasteiger partial charge >= 0.3 is 0 Å². The van der Waals surface area contributed by atoms with E-state index < -0.39 is 0 Å². The molecule has 2 rings (SSSR count). The van der Waals surface area contributed by atoms with Crippen molar-refractivity contribution >= 4 is 34.8 Å². The second kappa shape index (κ2) is 7.09. The quantitative estimate of drug-likeness (QED) is 0.875. The fourth-order valence-corrected chi connectivity index (χ4v) is 2.16. The Morgan fingerprint density at radius 1 is 1.09 bits per heavy atom. The largest absolute Gasteiger partial charge is 0.325 e. The van der Waals surface area contributed by atoms with Gasteiger partial charge in [-0.2, -0.15) is 0 Å². The number of carbonyl (C=O) groups is 2. The summed E-state index contributed by atoms with van der Waals surface area (Å²) < 4.78 is 0. The van der Waals surface area contributed by atoms with Gasteiger partial charge in [-0.15, -0.1) is 0 Å². The van der Waals surface area contributed by atoms with Crippen LogP contribution in [0.4, 0.5) is 11.4 Å². The van der Waals surface area contributed by atoms with Crippen LogP contribution in [0.5, 0.6) is 0 Å². The first-order valence-corrected chi connectivity index (χ1v) is 7.23. The molecule has 2 aromatic carbocycles. The molecule has 0 unspecified atom stereocenters. The van der Waals surface area contributed by atoms with Gasteiger partial charge in [-0.1, -0.05) is 35.9 Å². The van der Waals surface area contributed by atoms with E-state index in [4.69, 9.17) is 11.6 Å². The first kappa shape index (κ1) is 16.0. The molecular weight excluding hydrogens is 300 g/mol. The molecule has 5 heteroatoms. The molecule has 0 fully saturated rings. The molecule has 2 amide bonds. The predicted molar refractivity (Wildman–Crippen MR) is 89.3 cm³/mol. The number of nitrogens with zero attached hydrogens (tertiary/aromatic N) is 1. The molecule has 4 nitrogen and oxygen atoms in total. The zero-order chi connectivity index (χ0) is 16.1. The summed E-state index contributed by atoms with van der Waals surface area (Å²) in [7, 11) is 1.65. The van der Waals surface area contributed by atoms with Crippen LogP contribution in [0.1, 0.15) is 12.0 Å². The molecule has 0 aliphatic rings. The number of hydrogen-bond donors (Lipinski definition) is 1. The van der Waals surface area contributed by atoms with Crippen molar-refractivity contribution < 1.29 is 9.59 Å². The first-order valence-electron chi connectivity index (χ1n) is 6.85. The smallest absolute Gasteiger partial charge is 0.236 e. The van der Waals surface area contributed by atoms with E-state index in [-0.39, 0.29) is 18.2 Å². The van der Waals surface area contributed by atoms with Crippen LogP contribution in [0.25, 0.3) is 0 Å². The second-order valence-electron chi connectivity index (χ2n) is 4.93. The van der Waals surface area contributed by atoms with Crippen molar-refractivity contribution in [2.45, 2.75) is 13.3 Å². The number of para-hydroxylation sites is 1. The Bertz CT molecular complexity index is 686. The predicted octanol–water partition coefficient (Wildman–Crippen LogP) is 3.64. The fourth-order valence-electron chi connectivity index (χ4n) is 1.99. The summed E-state index contributed by atoms with van der Waals surface area (Å²) >= 11 is 6.01. The molecule has 114 valence electrons. The third kappa shape index (κ3) is 3.86. The molecule has 2 aromatic rings. The lowest BCUT2D eigenvalue weighted by molar-refractivity contribution is -0.125. The highest BCUT2D eigenvalue weighted by Gasteiger charge is 2.16. The summed E-state index contributed by atoms with van der Waals surface area (Å²) in [4.78, 5) is 25.6. The molecule has 0 atom stereocenters. The molecule has 0 aliphatic heterocycles. The average molecular weight is 317 g/mol. The lowest BCUT2D eigenvalue weighted by atomic mass is 10.2. The van der Waals surface area contributed by atoms with Gasteiger partial charge in [0, 0.05) is 23.4 Å². The summed E-state index contributed by atoms with van der Waals surface area (Å²) in [5.74, 6) is -0.637. The van der Waals surface area contributed by atoms with Gasteiger partial charge in [0.2, 0.25) is 11.8 Å². The summed E-state index contributed by atoms with van der Waals surface area (Å²) in [6, 6.07) is 14.4. The van der Waals surface area contributed by atoms with E-state index in [1.807, 2.05) is 37.3 Å². The average Bonchev–Trinajstić information content (AvgIpc) is 2.52. The van der Waals surface area contributed by atoms with E-state index in [2.05, 4.69) is 5.32 Å². The SMILES string of the molecule is Cc1c(Cl)cccc1NC(=O)CC(=O)N(C)c1ccccc1. The third-order valence-corrected chi connectivity index (χ3v) is 3.78. The summed E-state index contributed by atoms with van der Waals surface area (Å²) in [5, 5.41) is 3.29. The van der Waals surface area contributed by atoms with Crippen LogP contribution in [0.2, 0.25) is 5.02 Å². The van der Waals surface area contributed by atoms with Crippen molar-refractivity contribution in [2.75, 3.05) is 17.3 Å². The van der Waals surface area contributed by atoms with Crippen LogP contribution in [0.3, 0.4) is 0 Å². The summed E-state index contributed by atoms with van der Waals surface area (Å²) in [5.41, 5.74) is 2.15. The fraction of sp³-hybridized carbons (Fsp3) is 0.176. The highest BCUT2D eigenvalue weighted by molar-refractivity contribution is 6.31. The second-order valence-corrected chi connectivity index (χ2v) is 5.33. The summed E-state index contributed by atoms with van der Waals surface area (Å²) in [6.45, 7) is 1.82. The standard InChI is InChI=1S/C17H17ClN2O2/c1-12-14(18)9-6-10-15(12)19-16(21)11-17(22)20(2)13-7-4-3-5-8-13/h3-10H,11H2,1-2H3,(H,19,21). The molecule has 0 heterocycles. The number of halogens is 1. The number of rotatable bonds is 4. The summed E-state index contributed by atoms with van der Waals surface area (Å²) in [6.07, 6.45) is -0.225. The zero-order valence-electron chi connectivity index (χ0n) is 12.5. The maximum atomic E-state index is 12.1. The number of amides is 2. The van der Waals surface area contributed by atoms with E-state index in [9.17, 15) is 9.59 Å². The molecule has 0 radical (unpaired) electrons. The minimum Gasteiger partial charge on any atom is -0.325 e. The van der Waals surface area contributed by atoms with Crippen molar-refractivity contribution in [3.63, 3.8) is 0 Å².